The summed E-state index contributed by atoms with van der Waals surface area (Å²) in [7, 11) is -3.66. The van der Waals surface area contributed by atoms with Crippen LogP contribution in [0.4, 0.5) is 5.69 Å². The van der Waals surface area contributed by atoms with Crippen LogP contribution in [0.15, 0.2) is 71.6 Å². The highest BCUT2D eigenvalue weighted by Gasteiger charge is 2.13. The number of hydrogen-bond acceptors (Lipinski definition) is 3. The smallest absolute Gasteiger partial charge is 0.328 e. The summed E-state index contributed by atoms with van der Waals surface area (Å²) in [5.41, 5.74) is 1.06. The predicted molar refractivity (Wildman–Crippen MR) is 87.3 cm³/mol. The van der Waals surface area contributed by atoms with Crippen LogP contribution >= 0.6 is 0 Å². The second-order valence-corrected chi connectivity index (χ2v) is 6.12. The fraction of sp³-hybridized carbons (Fsp3) is 0. The van der Waals surface area contributed by atoms with Crippen LogP contribution in [0, 0.1) is 11.8 Å². The first-order valence-electron chi connectivity index (χ1n) is 6.56. The molecular weight excluding hydrogens is 314 g/mol. The van der Waals surface area contributed by atoms with Gasteiger partial charge in [0.2, 0.25) is 0 Å². The van der Waals surface area contributed by atoms with E-state index in [1.54, 1.807) is 42.5 Å². The van der Waals surface area contributed by atoms with Gasteiger partial charge in [-0.15, -0.1) is 0 Å². The highest BCUT2D eigenvalue weighted by atomic mass is 32.2. The van der Waals surface area contributed by atoms with Crippen molar-refractivity contribution in [3.63, 3.8) is 0 Å². The molecule has 2 aromatic rings. The molecule has 116 valence electrons. The SMILES string of the molecule is O=C(O)/C=C/C#Cc1ccc(S(=O)(=O)Nc2ccccc2)cc1. The van der Waals surface area contributed by atoms with Gasteiger partial charge in [-0.2, -0.15) is 0 Å². The zero-order valence-electron chi connectivity index (χ0n) is 11.9. The standard InChI is InChI=1S/C17H13NO4S/c19-17(20)9-5-4-6-14-10-12-16(13-11-14)23(21,22)18-15-7-2-1-3-8-15/h1-3,5,7-13,18H,(H,19,20)/b9-5+. The van der Waals surface area contributed by atoms with Gasteiger partial charge < -0.3 is 5.11 Å². The van der Waals surface area contributed by atoms with Gasteiger partial charge >= 0.3 is 5.97 Å². The van der Waals surface area contributed by atoms with Crippen LogP contribution in [-0.4, -0.2) is 19.5 Å². The van der Waals surface area contributed by atoms with Crippen molar-refractivity contribution in [2.24, 2.45) is 0 Å². The van der Waals surface area contributed by atoms with Crippen molar-refractivity contribution in [3.8, 4) is 11.8 Å². The van der Waals surface area contributed by atoms with Crippen LogP contribution in [0.3, 0.4) is 0 Å². The number of para-hydroxylation sites is 1. The molecule has 0 spiro atoms. The fourth-order valence-electron chi connectivity index (χ4n) is 1.68. The number of anilines is 1. The summed E-state index contributed by atoms with van der Waals surface area (Å²) < 4.78 is 26.9. The van der Waals surface area contributed by atoms with Crippen LogP contribution < -0.4 is 4.72 Å². The molecule has 0 heterocycles. The maximum Gasteiger partial charge on any atom is 0.328 e. The van der Waals surface area contributed by atoms with Gasteiger partial charge in [0.1, 0.15) is 0 Å². The lowest BCUT2D eigenvalue weighted by Crippen LogP contribution is -2.12. The zero-order valence-corrected chi connectivity index (χ0v) is 12.7. The van der Waals surface area contributed by atoms with Gasteiger partial charge in [0, 0.05) is 17.3 Å². The molecule has 6 heteroatoms. The molecule has 2 N–H and O–H groups in total. The Morgan fingerprint density at radius 1 is 1.04 bits per heavy atom. The average Bonchev–Trinajstić information content (AvgIpc) is 2.52. The van der Waals surface area contributed by atoms with Crippen molar-refractivity contribution in [2.45, 2.75) is 4.90 Å². The molecule has 0 atom stereocenters. The number of sulfonamides is 1. The van der Waals surface area contributed by atoms with E-state index in [4.69, 9.17) is 5.11 Å². The Kier molecular flexibility index (Phi) is 5.18. The van der Waals surface area contributed by atoms with Gasteiger partial charge in [0.25, 0.3) is 10.0 Å². The first-order valence-corrected chi connectivity index (χ1v) is 8.05. The van der Waals surface area contributed by atoms with E-state index in [9.17, 15) is 13.2 Å². The molecule has 0 saturated carbocycles. The van der Waals surface area contributed by atoms with E-state index in [0.29, 0.717) is 11.3 Å². The third-order valence-electron chi connectivity index (χ3n) is 2.72. The van der Waals surface area contributed by atoms with E-state index in [2.05, 4.69) is 16.6 Å². The van der Waals surface area contributed by atoms with Gasteiger partial charge in [-0.1, -0.05) is 30.0 Å². The molecule has 0 fully saturated rings. The van der Waals surface area contributed by atoms with Crippen molar-refractivity contribution in [1.82, 2.24) is 0 Å². The number of rotatable bonds is 4. The summed E-state index contributed by atoms with van der Waals surface area (Å²) in [5.74, 6) is 4.19. The summed E-state index contributed by atoms with van der Waals surface area (Å²) in [5, 5.41) is 8.43. The first kappa shape index (κ1) is 16.3. The van der Waals surface area contributed by atoms with Gasteiger partial charge in [-0.25, -0.2) is 13.2 Å². The third-order valence-corrected chi connectivity index (χ3v) is 4.11. The Labute approximate surface area is 134 Å². The molecule has 0 aliphatic heterocycles. The number of carboxylic acid groups (broad SMARTS) is 1. The average molecular weight is 327 g/mol. The Morgan fingerprint density at radius 3 is 2.30 bits per heavy atom. The number of carboxylic acids is 1. The molecule has 0 unspecified atom stereocenters. The van der Waals surface area contributed by atoms with Crippen molar-refractivity contribution in [1.29, 1.82) is 0 Å². The van der Waals surface area contributed by atoms with Gasteiger partial charge in [-0.05, 0) is 42.5 Å². The minimum atomic E-state index is -3.66. The molecule has 2 aromatic carbocycles. The van der Waals surface area contributed by atoms with Crippen LogP contribution in [0.1, 0.15) is 5.56 Å². The summed E-state index contributed by atoms with van der Waals surface area (Å²) in [6, 6.07) is 14.6. The molecule has 0 bridgehead atoms. The largest absolute Gasteiger partial charge is 0.478 e. The van der Waals surface area contributed by atoms with Gasteiger partial charge in [0.15, 0.2) is 0 Å². The van der Waals surface area contributed by atoms with Gasteiger partial charge in [0.05, 0.1) is 4.90 Å². The van der Waals surface area contributed by atoms with Crippen LogP contribution in [-0.2, 0) is 14.8 Å². The topological polar surface area (TPSA) is 83.5 Å². The van der Waals surface area contributed by atoms with E-state index in [1.165, 1.54) is 18.2 Å². The van der Waals surface area contributed by atoms with Crippen LogP contribution in [0.25, 0.3) is 0 Å². The molecule has 0 aliphatic rings. The minimum absolute atomic E-state index is 0.119. The molecule has 0 aliphatic carbocycles. The number of hydrogen-bond donors (Lipinski definition) is 2. The molecule has 5 nitrogen and oxygen atoms in total. The van der Waals surface area contributed by atoms with E-state index in [1.807, 2.05) is 0 Å². The minimum Gasteiger partial charge on any atom is -0.478 e. The summed E-state index contributed by atoms with van der Waals surface area (Å²) in [6.07, 6.45) is 2.14. The maximum atomic E-state index is 12.2. The summed E-state index contributed by atoms with van der Waals surface area (Å²) in [6.45, 7) is 0. The zero-order chi connectivity index (χ0) is 16.7. The third kappa shape index (κ3) is 5.02. The van der Waals surface area contributed by atoms with Crippen molar-refractivity contribution >= 4 is 21.7 Å². The second kappa shape index (κ2) is 7.29. The Balaban J connectivity index is 2.14. The molecule has 0 radical (unpaired) electrons. The van der Waals surface area contributed by atoms with Gasteiger partial charge in [-0.3, -0.25) is 4.72 Å². The molecule has 0 aromatic heterocycles. The van der Waals surface area contributed by atoms with Crippen LogP contribution in [0.2, 0.25) is 0 Å². The lowest BCUT2D eigenvalue weighted by molar-refractivity contribution is -0.131. The van der Waals surface area contributed by atoms with Crippen molar-refractivity contribution in [2.75, 3.05) is 4.72 Å². The quantitative estimate of drug-likeness (QED) is 0.667. The van der Waals surface area contributed by atoms with E-state index in [-0.39, 0.29) is 4.90 Å². The van der Waals surface area contributed by atoms with E-state index >= 15 is 0 Å². The number of allylic oxidation sites excluding steroid dienone is 1. The molecule has 0 saturated heterocycles. The second-order valence-electron chi connectivity index (χ2n) is 4.44. The fourth-order valence-corrected chi connectivity index (χ4v) is 2.73. The highest BCUT2D eigenvalue weighted by Crippen LogP contribution is 2.15. The van der Waals surface area contributed by atoms with E-state index < -0.39 is 16.0 Å². The van der Waals surface area contributed by atoms with E-state index in [0.717, 1.165) is 6.08 Å². The number of benzene rings is 2. The predicted octanol–water partition coefficient (Wildman–Crippen LogP) is 2.48. The molecule has 0 amide bonds. The Hall–Kier alpha value is -3.04. The number of aliphatic carboxylic acids is 1. The molecule has 23 heavy (non-hydrogen) atoms. The monoisotopic (exact) mass is 327 g/mol. The lowest BCUT2D eigenvalue weighted by Gasteiger charge is -2.07. The summed E-state index contributed by atoms with van der Waals surface area (Å²) >= 11 is 0. The highest BCUT2D eigenvalue weighted by molar-refractivity contribution is 7.92. The van der Waals surface area contributed by atoms with Crippen LogP contribution in [0.5, 0.6) is 0 Å². The van der Waals surface area contributed by atoms with Crippen molar-refractivity contribution < 1.29 is 18.3 Å². The Bertz CT molecular complexity index is 874. The van der Waals surface area contributed by atoms with Crippen molar-refractivity contribution in [3.05, 3.63) is 72.3 Å². The molecular formula is C17H13NO4S. The Morgan fingerprint density at radius 2 is 1.70 bits per heavy atom. The first-order chi connectivity index (χ1) is 11.0. The maximum absolute atomic E-state index is 12.2. The lowest BCUT2D eigenvalue weighted by atomic mass is 10.2. The number of carbonyl (C=O) groups is 1. The normalized spacial score (nSPS) is 10.8. The number of nitrogens with one attached hydrogen (secondary N) is 1. The molecule has 2 rings (SSSR count). The summed E-state index contributed by atoms with van der Waals surface area (Å²) in [4.78, 5) is 10.4.